The standard InChI is InChI=1S/C19H16/c1-2-7-14(8-3-1)19-17-11-5-4-9-15(17)13-16-10-6-12-18(16)19/h1-5,7-13,17,19H,6H2. The van der Waals surface area contributed by atoms with E-state index in [-0.39, 0.29) is 0 Å². The molecule has 0 spiro atoms. The summed E-state index contributed by atoms with van der Waals surface area (Å²) in [4.78, 5) is 0. The molecule has 0 aromatic heterocycles. The minimum absolute atomic E-state index is 0.483. The van der Waals surface area contributed by atoms with Gasteiger partial charge in [0.2, 0.25) is 0 Å². The zero-order chi connectivity index (χ0) is 12.7. The number of allylic oxidation sites excluding steroid dienone is 10. The van der Waals surface area contributed by atoms with Gasteiger partial charge in [0.1, 0.15) is 0 Å². The third-order valence-electron chi connectivity index (χ3n) is 4.29. The second-order valence-electron chi connectivity index (χ2n) is 5.36. The van der Waals surface area contributed by atoms with Crippen molar-refractivity contribution in [3.05, 3.63) is 95.1 Å². The lowest BCUT2D eigenvalue weighted by atomic mass is 9.70. The molecule has 3 aliphatic rings. The van der Waals surface area contributed by atoms with Crippen LogP contribution in [0.25, 0.3) is 0 Å². The van der Waals surface area contributed by atoms with Gasteiger partial charge < -0.3 is 0 Å². The first-order valence-corrected chi connectivity index (χ1v) is 6.95. The maximum Gasteiger partial charge on any atom is 0.0196 e. The molecule has 0 fully saturated rings. The Balaban J connectivity index is 1.89. The average Bonchev–Trinajstić information content (AvgIpc) is 2.93. The predicted octanol–water partition coefficient (Wildman–Crippen LogP) is 4.71. The van der Waals surface area contributed by atoms with Crippen LogP contribution in [0.5, 0.6) is 0 Å². The lowest BCUT2D eigenvalue weighted by Crippen LogP contribution is -2.20. The van der Waals surface area contributed by atoms with E-state index in [9.17, 15) is 0 Å². The van der Waals surface area contributed by atoms with Crippen LogP contribution < -0.4 is 0 Å². The smallest absolute Gasteiger partial charge is 0.0196 e. The average molecular weight is 244 g/mol. The Hall–Kier alpha value is -2.08. The molecule has 0 aliphatic heterocycles. The van der Waals surface area contributed by atoms with Crippen molar-refractivity contribution >= 4 is 0 Å². The highest BCUT2D eigenvalue weighted by Gasteiger charge is 2.33. The van der Waals surface area contributed by atoms with Crippen LogP contribution in [0.3, 0.4) is 0 Å². The molecule has 1 aromatic carbocycles. The maximum absolute atomic E-state index is 2.40. The Bertz CT molecular complexity index is 651. The zero-order valence-corrected chi connectivity index (χ0v) is 10.8. The van der Waals surface area contributed by atoms with Gasteiger partial charge in [0.25, 0.3) is 0 Å². The fourth-order valence-corrected chi connectivity index (χ4v) is 3.44. The first-order valence-electron chi connectivity index (χ1n) is 6.95. The van der Waals surface area contributed by atoms with Gasteiger partial charge in [-0.2, -0.15) is 0 Å². The van der Waals surface area contributed by atoms with Crippen LogP contribution >= 0.6 is 0 Å². The van der Waals surface area contributed by atoms with Gasteiger partial charge in [0.05, 0.1) is 0 Å². The SMILES string of the molecule is C1=CC2=CC3=CCC=C3C(c3ccccc3)C2C=C1. The van der Waals surface area contributed by atoms with E-state index >= 15 is 0 Å². The number of benzene rings is 1. The molecule has 92 valence electrons. The van der Waals surface area contributed by atoms with Gasteiger partial charge >= 0.3 is 0 Å². The van der Waals surface area contributed by atoms with Gasteiger partial charge in [-0.25, -0.2) is 0 Å². The maximum atomic E-state index is 2.40. The van der Waals surface area contributed by atoms with Gasteiger partial charge in [-0.05, 0) is 28.7 Å². The Kier molecular flexibility index (Phi) is 2.41. The van der Waals surface area contributed by atoms with E-state index < -0.39 is 0 Å². The topological polar surface area (TPSA) is 0 Å². The van der Waals surface area contributed by atoms with Gasteiger partial charge in [0, 0.05) is 11.8 Å². The molecule has 0 heterocycles. The van der Waals surface area contributed by atoms with Crippen molar-refractivity contribution in [2.24, 2.45) is 5.92 Å². The first-order chi connectivity index (χ1) is 9.43. The predicted molar refractivity (Wildman–Crippen MR) is 79.8 cm³/mol. The van der Waals surface area contributed by atoms with Crippen LogP contribution in [-0.2, 0) is 0 Å². The van der Waals surface area contributed by atoms with Crippen LogP contribution in [0.4, 0.5) is 0 Å². The lowest BCUT2D eigenvalue weighted by Gasteiger charge is -2.34. The van der Waals surface area contributed by atoms with E-state index in [1.165, 1.54) is 22.3 Å². The van der Waals surface area contributed by atoms with Crippen LogP contribution in [-0.4, -0.2) is 0 Å². The first kappa shape index (κ1) is 10.8. The molecule has 4 rings (SSSR count). The molecular weight excluding hydrogens is 228 g/mol. The quantitative estimate of drug-likeness (QED) is 0.671. The molecular formula is C19H16. The van der Waals surface area contributed by atoms with Crippen molar-refractivity contribution in [2.75, 3.05) is 0 Å². The van der Waals surface area contributed by atoms with Crippen molar-refractivity contribution in [1.29, 1.82) is 0 Å². The molecule has 0 saturated carbocycles. The molecule has 2 atom stereocenters. The van der Waals surface area contributed by atoms with Crippen molar-refractivity contribution in [3.8, 4) is 0 Å². The number of hydrogen-bond acceptors (Lipinski definition) is 0. The summed E-state index contributed by atoms with van der Waals surface area (Å²) in [5.74, 6) is 0.977. The molecule has 19 heavy (non-hydrogen) atoms. The van der Waals surface area contributed by atoms with Crippen LogP contribution in [0.2, 0.25) is 0 Å². The largest absolute Gasteiger partial charge is 0.0763 e. The van der Waals surface area contributed by atoms with Crippen molar-refractivity contribution < 1.29 is 0 Å². The number of hydrogen-bond donors (Lipinski definition) is 0. The second-order valence-corrected chi connectivity index (χ2v) is 5.36. The van der Waals surface area contributed by atoms with Crippen molar-refractivity contribution in [2.45, 2.75) is 12.3 Å². The summed E-state index contributed by atoms with van der Waals surface area (Å²) in [5, 5.41) is 0. The molecule has 0 N–H and O–H groups in total. The summed E-state index contributed by atoms with van der Waals surface area (Å²) in [7, 11) is 0. The van der Waals surface area contributed by atoms with E-state index in [2.05, 4.69) is 72.9 Å². The highest BCUT2D eigenvalue weighted by atomic mass is 14.4. The van der Waals surface area contributed by atoms with Gasteiger partial charge in [-0.15, -0.1) is 0 Å². The summed E-state index contributed by atoms with van der Waals surface area (Å²) in [5.41, 5.74) is 5.82. The van der Waals surface area contributed by atoms with E-state index in [4.69, 9.17) is 0 Å². The molecule has 3 aliphatic carbocycles. The molecule has 2 unspecified atom stereocenters. The molecule has 0 amide bonds. The Labute approximate surface area is 114 Å². The fraction of sp³-hybridized carbons (Fsp3) is 0.158. The van der Waals surface area contributed by atoms with Gasteiger partial charge in [-0.3, -0.25) is 0 Å². The second kappa shape index (κ2) is 4.24. The monoisotopic (exact) mass is 244 g/mol. The highest BCUT2D eigenvalue weighted by molar-refractivity contribution is 5.60. The van der Waals surface area contributed by atoms with E-state index in [0.29, 0.717) is 11.8 Å². The fourth-order valence-electron chi connectivity index (χ4n) is 3.44. The Morgan fingerprint density at radius 3 is 2.74 bits per heavy atom. The zero-order valence-electron chi connectivity index (χ0n) is 10.8. The highest BCUT2D eigenvalue weighted by Crippen LogP contribution is 2.47. The third kappa shape index (κ3) is 1.67. The van der Waals surface area contributed by atoms with Crippen LogP contribution in [0.15, 0.2) is 89.6 Å². The minimum atomic E-state index is 0.483. The van der Waals surface area contributed by atoms with Crippen molar-refractivity contribution in [3.63, 3.8) is 0 Å². The summed E-state index contributed by atoms with van der Waals surface area (Å²) in [6.07, 6.45) is 17.1. The van der Waals surface area contributed by atoms with E-state index in [1.54, 1.807) is 0 Å². The third-order valence-corrected chi connectivity index (χ3v) is 4.29. The lowest BCUT2D eigenvalue weighted by molar-refractivity contribution is 0.641. The number of rotatable bonds is 1. The van der Waals surface area contributed by atoms with Gasteiger partial charge in [0.15, 0.2) is 0 Å². The molecule has 0 nitrogen and oxygen atoms in total. The van der Waals surface area contributed by atoms with Crippen LogP contribution in [0.1, 0.15) is 17.9 Å². The molecule has 0 bridgehead atoms. The Morgan fingerprint density at radius 1 is 0.947 bits per heavy atom. The summed E-state index contributed by atoms with van der Waals surface area (Å²) in [6, 6.07) is 10.9. The van der Waals surface area contributed by atoms with Crippen molar-refractivity contribution in [1.82, 2.24) is 0 Å². The summed E-state index contributed by atoms with van der Waals surface area (Å²) < 4.78 is 0. The molecule has 0 saturated heterocycles. The molecule has 0 radical (unpaired) electrons. The van der Waals surface area contributed by atoms with E-state index in [1.807, 2.05) is 0 Å². The van der Waals surface area contributed by atoms with Gasteiger partial charge in [-0.1, -0.05) is 72.9 Å². The number of fused-ring (bicyclic) bond motifs is 2. The van der Waals surface area contributed by atoms with Crippen LogP contribution in [0, 0.1) is 5.92 Å². The minimum Gasteiger partial charge on any atom is -0.0763 e. The summed E-state index contributed by atoms with van der Waals surface area (Å²) in [6.45, 7) is 0. The summed E-state index contributed by atoms with van der Waals surface area (Å²) >= 11 is 0. The van der Waals surface area contributed by atoms with E-state index in [0.717, 1.165) is 6.42 Å². The normalized spacial score (nSPS) is 27.3. The Morgan fingerprint density at radius 2 is 1.84 bits per heavy atom. The molecule has 1 aromatic rings. The molecule has 0 heteroatoms.